The van der Waals surface area contributed by atoms with E-state index in [-0.39, 0.29) is 0 Å². The Kier molecular flexibility index (Phi) is 5.22. The molecule has 0 atom stereocenters. The summed E-state index contributed by atoms with van der Waals surface area (Å²) in [6.07, 6.45) is 6.18. The van der Waals surface area contributed by atoms with Crippen LogP contribution in [0.25, 0.3) is 0 Å². The van der Waals surface area contributed by atoms with Gasteiger partial charge in [0.2, 0.25) is 0 Å². The van der Waals surface area contributed by atoms with Crippen LogP contribution in [0.1, 0.15) is 40.0 Å². The minimum atomic E-state index is -2.07. The summed E-state index contributed by atoms with van der Waals surface area (Å²) in [5.74, 6) is 3.49. The Labute approximate surface area is 93.8 Å². The van der Waals surface area contributed by atoms with Gasteiger partial charge in [0.25, 0.3) is 0 Å². The third kappa shape index (κ3) is 3.12. The molecule has 0 nitrogen and oxygen atoms in total. The molecule has 0 bridgehead atoms. The summed E-state index contributed by atoms with van der Waals surface area (Å²) in [6, 6.07) is 0. The molecule has 1 aliphatic carbocycles. The monoisotopic (exact) mass is 386 g/mol. The number of hydrogen-bond acceptors (Lipinski definition) is 0. The average Bonchev–Trinajstić information content (AvgIpc) is 2.74. The summed E-state index contributed by atoms with van der Waals surface area (Å²) in [4.78, 5) is 0. The average molecular weight is 386 g/mol. The molecule has 1 aliphatic rings. The Hall–Kier alpha value is 0.222. The fourth-order valence-corrected chi connectivity index (χ4v) is 11.6. The van der Waals surface area contributed by atoms with Crippen LogP contribution in [0.3, 0.4) is 0 Å². The van der Waals surface area contributed by atoms with E-state index in [4.69, 9.17) is 0 Å². The van der Waals surface area contributed by atoms with Crippen molar-refractivity contribution in [2.24, 2.45) is 0 Å². The van der Waals surface area contributed by atoms with Crippen molar-refractivity contribution in [2.75, 3.05) is 0 Å². The first kappa shape index (κ1) is 12.3. The zero-order valence-electron chi connectivity index (χ0n) is 9.82. The van der Waals surface area contributed by atoms with Gasteiger partial charge in [0.05, 0.1) is 0 Å². The minimum absolute atomic E-state index is 1.24. The van der Waals surface area contributed by atoms with E-state index in [2.05, 4.69) is 36.2 Å². The van der Waals surface area contributed by atoms with Crippen LogP contribution in [-0.2, 0) is 0 Å². The van der Waals surface area contributed by atoms with E-state index in [1.165, 1.54) is 36.8 Å². The van der Waals surface area contributed by atoms with E-state index in [9.17, 15) is 0 Å². The summed E-state index contributed by atoms with van der Waals surface area (Å²) < 4.78 is 7.94. The molecule has 0 radical (unpaired) electrons. The van der Waals surface area contributed by atoms with Crippen molar-refractivity contribution < 1.29 is 0 Å². The first-order valence-corrected chi connectivity index (χ1v) is 16.2. The maximum absolute atomic E-state index is 3.73. The molecule has 0 fully saturated rings. The molecule has 0 heterocycles. The third-order valence-corrected chi connectivity index (χ3v) is 21.9. The molecule has 0 aromatic carbocycles. The van der Waals surface area contributed by atoms with Crippen LogP contribution < -0.4 is 0 Å². The molecule has 0 unspecified atom stereocenters. The van der Waals surface area contributed by atoms with E-state index < -0.39 is 21.2 Å². The van der Waals surface area contributed by atoms with Crippen LogP contribution in [0.4, 0.5) is 0 Å². The molecule has 0 aromatic rings. The van der Waals surface area contributed by atoms with Gasteiger partial charge in [-0.1, -0.05) is 0 Å². The predicted octanol–water partition coefficient (Wildman–Crippen LogP) is 4.15. The topological polar surface area (TPSA) is 0 Å². The van der Waals surface area contributed by atoms with Crippen LogP contribution in [0, 0.1) is 9.40 Å². The molecule has 0 aliphatic heterocycles. The fourth-order valence-electron chi connectivity index (χ4n) is 2.01. The molecule has 1 rings (SSSR count). The molecule has 0 saturated heterocycles. The number of hydrogen-bond donors (Lipinski definition) is 0. The second-order valence-electron chi connectivity index (χ2n) is 4.21. The summed E-state index contributed by atoms with van der Waals surface area (Å²) in [5.41, 5.74) is 1.43. The van der Waals surface area contributed by atoms with Gasteiger partial charge in [-0.25, -0.2) is 0 Å². The van der Waals surface area contributed by atoms with Crippen molar-refractivity contribution in [1.82, 2.24) is 0 Å². The van der Waals surface area contributed by atoms with Crippen LogP contribution in [0.5, 0.6) is 0 Å². The quantitative estimate of drug-likeness (QED) is 0.506. The Morgan fingerprint density at radius 3 is 2.29 bits per heavy atom. The SMILES string of the molecule is C[CH2][Pb]([C]#CC1=CCCC1)([CH2]C)[CH2]C. The van der Waals surface area contributed by atoms with Crippen LogP contribution in [0.2, 0.25) is 11.9 Å². The van der Waals surface area contributed by atoms with Crippen LogP contribution in [0.15, 0.2) is 11.6 Å². The van der Waals surface area contributed by atoms with E-state index in [1.54, 1.807) is 0 Å². The van der Waals surface area contributed by atoms with Gasteiger partial charge in [-0.3, -0.25) is 0 Å². The molecular formula is C13H22Pb. The van der Waals surface area contributed by atoms with Crippen molar-refractivity contribution in [3.8, 4) is 9.40 Å². The fraction of sp³-hybridized carbons (Fsp3) is 0.692. The molecule has 14 heavy (non-hydrogen) atoms. The molecular weight excluding hydrogens is 363 g/mol. The molecule has 0 N–H and O–H groups in total. The molecule has 0 spiro atoms. The Balaban J connectivity index is 2.70. The number of allylic oxidation sites excluding steroid dienone is 2. The first-order chi connectivity index (χ1) is 6.76. The van der Waals surface area contributed by atoms with E-state index >= 15 is 0 Å². The normalized spacial score (nSPS) is 16.1. The summed E-state index contributed by atoms with van der Waals surface area (Å²) in [6.45, 7) is 7.06. The van der Waals surface area contributed by atoms with Crippen LogP contribution in [-0.4, -0.2) is 21.2 Å². The van der Waals surface area contributed by atoms with E-state index in [0.717, 1.165) is 0 Å². The second kappa shape index (κ2) is 5.95. The van der Waals surface area contributed by atoms with Crippen molar-refractivity contribution in [2.45, 2.75) is 52.0 Å². The van der Waals surface area contributed by atoms with Gasteiger partial charge in [-0.05, 0) is 0 Å². The van der Waals surface area contributed by atoms with Crippen molar-refractivity contribution >= 4 is 21.2 Å². The predicted molar refractivity (Wildman–Crippen MR) is 66.9 cm³/mol. The molecule has 0 amide bonds. The Morgan fingerprint density at radius 1 is 1.21 bits per heavy atom. The van der Waals surface area contributed by atoms with Crippen molar-refractivity contribution in [3.63, 3.8) is 0 Å². The van der Waals surface area contributed by atoms with E-state index in [0.29, 0.717) is 0 Å². The molecule has 0 aromatic heterocycles. The van der Waals surface area contributed by atoms with Gasteiger partial charge in [0.1, 0.15) is 0 Å². The molecule has 0 saturated carbocycles. The van der Waals surface area contributed by atoms with Crippen molar-refractivity contribution in [3.05, 3.63) is 11.6 Å². The molecule has 78 valence electrons. The zero-order chi connectivity index (χ0) is 10.4. The van der Waals surface area contributed by atoms with Gasteiger partial charge >= 0.3 is 94.2 Å². The Morgan fingerprint density at radius 2 is 1.86 bits per heavy atom. The second-order valence-corrected chi connectivity index (χ2v) is 23.4. The summed E-state index contributed by atoms with van der Waals surface area (Å²) >= 11 is -2.07. The summed E-state index contributed by atoms with van der Waals surface area (Å²) in [5, 5.41) is 0. The van der Waals surface area contributed by atoms with Gasteiger partial charge in [-0.15, -0.1) is 0 Å². The van der Waals surface area contributed by atoms with Gasteiger partial charge in [0, 0.05) is 0 Å². The van der Waals surface area contributed by atoms with Gasteiger partial charge in [-0.2, -0.15) is 0 Å². The van der Waals surface area contributed by atoms with Gasteiger partial charge < -0.3 is 0 Å². The molecule has 1 heteroatoms. The first-order valence-electron chi connectivity index (χ1n) is 5.98. The maximum atomic E-state index is 3.73. The van der Waals surface area contributed by atoms with Gasteiger partial charge in [0.15, 0.2) is 0 Å². The van der Waals surface area contributed by atoms with Crippen LogP contribution >= 0.6 is 0 Å². The number of rotatable bonds is 3. The Bertz CT molecular complexity index is 252. The third-order valence-electron chi connectivity index (χ3n) is 3.56. The standard InChI is InChI=1S/C7H7.3C2H5.Pb/c1-2-7-5-3-4-6-7;3*1-2;/h5H,3-4,6H2;3*1H2,2H3;. The van der Waals surface area contributed by atoms with Crippen molar-refractivity contribution in [1.29, 1.82) is 0 Å². The van der Waals surface area contributed by atoms with E-state index in [1.807, 2.05) is 0 Å². The summed E-state index contributed by atoms with van der Waals surface area (Å²) in [7, 11) is 0. The zero-order valence-corrected chi connectivity index (χ0v) is 13.7.